The summed E-state index contributed by atoms with van der Waals surface area (Å²) in [5.41, 5.74) is 4.08. The number of aryl methyl sites for hydroxylation is 1. The third-order valence-corrected chi connectivity index (χ3v) is 2.71. The van der Waals surface area contributed by atoms with Gasteiger partial charge < -0.3 is 0 Å². The lowest BCUT2D eigenvalue weighted by atomic mass is 8.97. The lowest BCUT2D eigenvalue weighted by Gasteiger charge is -2.06. The molecule has 0 aliphatic carbocycles. The van der Waals surface area contributed by atoms with Crippen LogP contribution in [0.5, 0.6) is 0 Å². The van der Waals surface area contributed by atoms with Crippen molar-refractivity contribution in [3.8, 4) is 11.1 Å². The van der Waals surface area contributed by atoms with E-state index in [-0.39, 0.29) is 0 Å². The molecule has 0 aliphatic heterocycles. The highest BCUT2D eigenvalue weighted by molar-refractivity contribution is 7.60. The Labute approximate surface area is 121 Å². The third-order valence-electron chi connectivity index (χ3n) is 2.71. The van der Waals surface area contributed by atoms with Gasteiger partial charge in [0.25, 0.3) is 0 Å². The van der Waals surface area contributed by atoms with Gasteiger partial charge in [0.05, 0.1) is 0 Å². The molecule has 5 heteroatoms. The van der Waals surface area contributed by atoms with Gasteiger partial charge in [-0.25, -0.2) is 0 Å². The Hall–Kier alpha value is -1.24. The lowest BCUT2D eigenvalue weighted by Crippen LogP contribution is -2.23. The van der Waals surface area contributed by atoms with Gasteiger partial charge in [-0.05, 0) is 23.1 Å². The van der Waals surface area contributed by atoms with Crippen LogP contribution in [0, 0.1) is 0 Å². The Morgan fingerprint density at radius 1 is 0.947 bits per heavy atom. The van der Waals surface area contributed by atoms with E-state index >= 15 is 0 Å². The minimum absolute atomic E-state index is 0.463. The van der Waals surface area contributed by atoms with E-state index in [1.807, 2.05) is 0 Å². The van der Waals surface area contributed by atoms with Crippen LogP contribution in [0.1, 0.15) is 12.5 Å². The minimum atomic E-state index is -0.463. The molecule has 0 bridgehead atoms. The van der Waals surface area contributed by atoms with Crippen molar-refractivity contribution in [1.82, 2.24) is 0 Å². The summed E-state index contributed by atoms with van der Waals surface area (Å²) in [6, 6.07) is 19.1. The SMILES string of the molecule is CCc1ccccc1-c1ccccc1.[B][B]B([B])[B]. The van der Waals surface area contributed by atoms with Crippen molar-refractivity contribution in [3.63, 3.8) is 0 Å². The standard InChI is InChI=1S/C14H14.B5/c1-2-12-8-6-7-11-14(12)13-9-4-3-5-10-13;1-4-5(2)3/h3-11H,2H2,1H3;. The number of benzene rings is 2. The smallest absolute Gasteiger partial charge is 0 e. The monoisotopic (exact) mass is 237 g/mol. The molecule has 0 atom stereocenters. The Kier molecular flexibility index (Phi) is 7.32. The summed E-state index contributed by atoms with van der Waals surface area (Å²) < 4.78 is 0. The topological polar surface area (TPSA) is 0 Å². The molecule has 7 radical (unpaired) electrons. The molecule has 19 heavy (non-hydrogen) atoms. The van der Waals surface area contributed by atoms with Gasteiger partial charge in [0.2, 0.25) is 0 Å². The highest BCUT2D eigenvalue weighted by Gasteiger charge is 2.00. The largest absolute Gasteiger partial charge is 0.0622 e. The van der Waals surface area contributed by atoms with Crippen LogP contribution in [0.2, 0.25) is 0 Å². The van der Waals surface area contributed by atoms with Crippen molar-refractivity contribution in [3.05, 3.63) is 60.2 Å². The lowest BCUT2D eigenvalue weighted by molar-refractivity contribution is 1.14. The summed E-state index contributed by atoms with van der Waals surface area (Å²) in [6.07, 6.45) is 0.625. The van der Waals surface area contributed by atoms with Gasteiger partial charge in [0.15, 0.2) is 0 Å². The molecule has 0 heterocycles. The maximum atomic E-state index is 4.89. The molecule has 0 nitrogen and oxygen atoms in total. The Morgan fingerprint density at radius 3 is 2.00 bits per heavy atom. The minimum Gasteiger partial charge on any atom is -0.0622 e. The molecular weight excluding hydrogens is 222 g/mol. The summed E-state index contributed by atoms with van der Waals surface area (Å²) in [6.45, 7) is 2.20. The van der Waals surface area contributed by atoms with Gasteiger partial charge in [-0.3, -0.25) is 0 Å². The van der Waals surface area contributed by atoms with Gasteiger partial charge in [-0.1, -0.05) is 61.5 Å². The molecule has 0 fully saturated rings. The van der Waals surface area contributed by atoms with E-state index in [1.165, 1.54) is 23.8 Å². The molecule has 0 saturated carbocycles. The second kappa shape index (κ2) is 8.80. The average Bonchev–Trinajstić information content (AvgIpc) is 2.48. The molecule has 2 aromatic carbocycles. The molecule has 2 rings (SSSR count). The van der Waals surface area contributed by atoms with E-state index < -0.39 is 6.39 Å². The fourth-order valence-electron chi connectivity index (χ4n) is 1.73. The molecule has 0 spiro atoms. The third kappa shape index (κ3) is 5.51. The quantitative estimate of drug-likeness (QED) is 0.715. The van der Waals surface area contributed by atoms with Crippen molar-refractivity contribution in [2.45, 2.75) is 13.3 Å². The summed E-state index contributed by atoms with van der Waals surface area (Å²) >= 11 is 0. The van der Waals surface area contributed by atoms with Crippen LogP contribution in [0.25, 0.3) is 11.1 Å². The zero-order valence-corrected chi connectivity index (χ0v) is 11.3. The van der Waals surface area contributed by atoms with Gasteiger partial charge in [-0.15, -0.1) is 0 Å². The van der Waals surface area contributed by atoms with E-state index in [2.05, 4.69) is 61.5 Å². The van der Waals surface area contributed by atoms with E-state index in [0.717, 1.165) is 6.42 Å². The van der Waals surface area contributed by atoms with E-state index in [4.69, 9.17) is 23.2 Å². The van der Waals surface area contributed by atoms with E-state index in [9.17, 15) is 0 Å². The number of hydrogen-bond acceptors (Lipinski definition) is 0. The zero-order valence-electron chi connectivity index (χ0n) is 11.3. The predicted molar refractivity (Wildman–Crippen MR) is 90.0 cm³/mol. The second-order valence-corrected chi connectivity index (χ2v) is 4.15. The van der Waals surface area contributed by atoms with Crippen LogP contribution < -0.4 is 0 Å². The van der Waals surface area contributed by atoms with Crippen LogP contribution >= 0.6 is 0 Å². The summed E-state index contributed by atoms with van der Waals surface area (Å²) in [4.78, 5) is 0. The van der Waals surface area contributed by atoms with Crippen molar-refractivity contribution >= 4 is 36.7 Å². The van der Waals surface area contributed by atoms with Crippen LogP contribution in [-0.4, -0.2) is 36.7 Å². The Balaban J connectivity index is 0.000000312. The fourth-order valence-corrected chi connectivity index (χ4v) is 1.73. The molecule has 2 aromatic rings. The fraction of sp³-hybridized carbons (Fsp3) is 0.143. The van der Waals surface area contributed by atoms with Gasteiger partial charge in [-0.2, -0.15) is 0 Å². The highest BCUT2D eigenvalue weighted by atomic mass is 14.0. The molecule has 0 amide bonds. The first kappa shape index (κ1) is 15.8. The van der Waals surface area contributed by atoms with Gasteiger partial charge in [0.1, 0.15) is 0 Å². The average molecular weight is 236 g/mol. The van der Waals surface area contributed by atoms with Crippen LogP contribution in [0.4, 0.5) is 0 Å². The maximum absolute atomic E-state index is 4.89. The first-order valence-corrected chi connectivity index (χ1v) is 6.38. The normalized spacial score (nSPS) is 9.11. The maximum Gasteiger partial charge on any atom is 0 e. The molecule has 0 saturated heterocycles. The van der Waals surface area contributed by atoms with Crippen molar-refractivity contribution in [1.29, 1.82) is 0 Å². The zero-order chi connectivity index (χ0) is 14.1. The summed E-state index contributed by atoms with van der Waals surface area (Å²) in [5, 5.41) is 0. The number of rotatable bonds is 3. The molecule has 0 N–H and O–H groups in total. The van der Waals surface area contributed by atoms with Crippen LogP contribution in [0.3, 0.4) is 0 Å². The second-order valence-electron chi connectivity index (χ2n) is 4.15. The predicted octanol–water partition coefficient (Wildman–Crippen LogP) is 2.01. The van der Waals surface area contributed by atoms with Crippen molar-refractivity contribution in [2.75, 3.05) is 0 Å². The van der Waals surface area contributed by atoms with Crippen molar-refractivity contribution < 1.29 is 0 Å². The van der Waals surface area contributed by atoms with Gasteiger partial charge >= 0.3 is 0 Å². The summed E-state index contributed by atoms with van der Waals surface area (Å²) in [5.74, 6) is 0. The van der Waals surface area contributed by atoms with Crippen LogP contribution in [-0.2, 0) is 6.42 Å². The molecule has 0 aromatic heterocycles. The Bertz CT molecular complexity index is 470. The highest BCUT2D eigenvalue weighted by Crippen LogP contribution is 2.23. The molecule has 85 valence electrons. The first-order chi connectivity index (χ1) is 9.19. The van der Waals surface area contributed by atoms with E-state index in [1.54, 1.807) is 0 Å². The van der Waals surface area contributed by atoms with Crippen molar-refractivity contribution in [2.24, 2.45) is 0 Å². The molecular formula is C14H14B5. The number of hydrogen-bond donors (Lipinski definition) is 0. The van der Waals surface area contributed by atoms with Crippen LogP contribution in [0.15, 0.2) is 54.6 Å². The van der Waals surface area contributed by atoms with E-state index in [0.29, 0.717) is 0 Å². The summed E-state index contributed by atoms with van der Waals surface area (Å²) in [7, 11) is 15.8. The Morgan fingerprint density at radius 2 is 1.47 bits per heavy atom. The molecule has 0 unspecified atom stereocenters. The first-order valence-electron chi connectivity index (χ1n) is 6.38. The van der Waals surface area contributed by atoms with Gasteiger partial charge in [0, 0.05) is 36.7 Å². The molecule has 0 aliphatic rings.